The van der Waals surface area contributed by atoms with Gasteiger partial charge in [0.05, 0.1) is 6.61 Å². The molecule has 1 aliphatic heterocycles. The molecule has 1 nitrogen and oxygen atoms in total. The Morgan fingerprint density at radius 3 is 3.08 bits per heavy atom. The number of ether oxygens (including phenoxy) is 1. The molecule has 0 amide bonds. The Labute approximate surface area is 80.2 Å². The minimum absolute atomic E-state index is 0.757. The molecule has 1 aromatic rings. The summed E-state index contributed by atoms with van der Waals surface area (Å²) in [5.41, 5.74) is 2.30. The Kier molecular flexibility index (Phi) is 1.93. The van der Waals surface area contributed by atoms with Crippen molar-refractivity contribution in [2.24, 2.45) is 0 Å². The van der Waals surface area contributed by atoms with Crippen molar-refractivity contribution in [2.45, 2.75) is 6.42 Å². The van der Waals surface area contributed by atoms with Crippen LogP contribution >= 0.6 is 15.9 Å². The molecular weight excluding hydrogens is 216 g/mol. The van der Waals surface area contributed by atoms with Crippen LogP contribution in [-0.4, -0.2) is 6.61 Å². The molecule has 1 heterocycles. The van der Waals surface area contributed by atoms with Gasteiger partial charge in [-0.15, -0.1) is 0 Å². The van der Waals surface area contributed by atoms with E-state index in [0.717, 1.165) is 34.4 Å². The van der Waals surface area contributed by atoms with Crippen LogP contribution in [0.5, 0.6) is 5.75 Å². The van der Waals surface area contributed by atoms with Crippen molar-refractivity contribution in [1.29, 1.82) is 0 Å². The fourth-order valence-corrected chi connectivity index (χ4v) is 1.68. The van der Waals surface area contributed by atoms with Crippen LogP contribution in [0.25, 0.3) is 5.57 Å². The highest BCUT2D eigenvalue weighted by atomic mass is 79.9. The molecule has 12 heavy (non-hydrogen) atoms. The van der Waals surface area contributed by atoms with Crippen molar-refractivity contribution in [3.8, 4) is 5.75 Å². The Balaban J connectivity index is 2.54. The first-order valence-corrected chi connectivity index (χ1v) is 4.67. The van der Waals surface area contributed by atoms with Crippen LogP contribution < -0.4 is 4.74 Å². The van der Waals surface area contributed by atoms with E-state index in [1.807, 2.05) is 12.1 Å². The minimum atomic E-state index is 0.757. The van der Waals surface area contributed by atoms with Crippen molar-refractivity contribution < 1.29 is 4.74 Å². The lowest BCUT2D eigenvalue weighted by Gasteiger charge is -2.19. The zero-order chi connectivity index (χ0) is 8.55. The molecule has 0 saturated heterocycles. The van der Waals surface area contributed by atoms with E-state index in [2.05, 4.69) is 28.6 Å². The average molecular weight is 225 g/mol. The zero-order valence-corrected chi connectivity index (χ0v) is 8.23. The van der Waals surface area contributed by atoms with Gasteiger partial charge < -0.3 is 4.74 Å². The molecule has 0 spiro atoms. The lowest BCUT2D eigenvalue weighted by molar-refractivity contribution is 0.316. The van der Waals surface area contributed by atoms with Crippen molar-refractivity contribution in [3.63, 3.8) is 0 Å². The van der Waals surface area contributed by atoms with Crippen LogP contribution in [0.3, 0.4) is 0 Å². The van der Waals surface area contributed by atoms with Crippen molar-refractivity contribution in [1.82, 2.24) is 0 Å². The Hall–Kier alpha value is -0.760. The van der Waals surface area contributed by atoms with Crippen molar-refractivity contribution >= 4 is 21.5 Å². The standard InChI is InChI=1S/C10H9BrO/c1-7-4-5-12-10-3-2-8(11)6-9(7)10/h2-3,6H,1,4-5H2. The third-order valence-corrected chi connectivity index (χ3v) is 2.48. The molecule has 0 atom stereocenters. The van der Waals surface area contributed by atoms with E-state index in [1.165, 1.54) is 0 Å². The molecule has 62 valence electrons. The van der Waals surface area contributed by atoms with Gasteiger partial charge in [0, 0.05) is 16.5 Å². The number of fused-ring (bicyclic) bond motifs is 1. The Morgan fingerprint density at radius 2 is 2.25 bits per heavy atom. The molecular formula is C10H9BrO. The molecule has 0 saturated carbocycles. The maximum Gasteiger partial charge on any atom is 0.126 e. The van der Waals surface area contributed by atoms with Crippen molar-refractivity contribution in [2.75, 3.05) is 6.61 Å². The second kappa shape index (κ2) is 2.94. The average Bonchev–Trinajstić information content (AvgIpc) is 2.07. The summed E-state index contributed by atoms with van der Waals surface area (Å²) in [4.78, 5) is 0. The van der Waals surface area contributed by atoms with Crippen LogP contribution in [0, 0.1) is 0 Å². The van der Waals surface area contributed by atoms with Gasteiger partial charge in [-0.3, -0.25) is 0 Å². The molecule has 0 aliphatic carbocycles. The molecule has 0 unspecified atom stereocenters. The van der Waals surface area contributed by atoms with Crippen LogP contribution in [0.15, 0.2) is 29.3 Å². The Morgan fingerprint density at radius 1 is 1.42 bits per heavy atom. The quantitative estimate of drug-likeness (QED) is 0.658. The molecule has 0 radical (unpaired) electrons. The van der Waals surface area contributed by atoms with Crippen LogP contribution in [-0.2, 0) is 0 Å². The summed E-state index contributed by atoms with van der Waals surface area (Å²) in [6.07, 6.45) is 0.934. The largest absolute Gasteiger partial charge is 0.493 e. The van der Waals surface area contributed by atoms with Gasteiger partial charge in [-0.2, -0.15) is 0 Å². The first-order chi connectivity index (χ1) is 5.77. The minimum Gasteiger partial charge on any atom is -0.493 e. The Bertz CT molecular complexity index is 331. The lowest BCUT2D eigenvalue weighted by atomic mass is 10.0. The fourth-order valence-electron chi connectivity index (χ4n) is 1.32. The summed E-state index contributed by atoms with van der Waals surface area (Å²) in [7, 11) is 0. The second-order valence-electron chi connectivity index (χ2n) is 2.84. The van der Waals surface area contributed by atoms with Gasteiger partial charge in [0.1, 0.15) is 5.75 Å². The molecule has 1 aromatic carbocycles. The maximum absolute atomic E-state index is 5.47. The third kappa shape index (κ3) is 1.27. The van der Waals surface area contributed by atoms with Gasteiger partial charge in [-0.25, -0.2) is 0 Å². The first-order valence-electron chi connectivity index (χ1n) is 3.88. The van der Waals surface area contributed by atoms with E-state index in [9.17, 15) is 0 Å². The molecule has 0 N–H and O–H groups in total. The molecule has 0 fully saturated rings. The summed E-state index contributed by atoms with van der Waals surface area (Å²) < 4.78 is 6.54. The van der Waals surface area contributed by atoms with Gasteiger partial charge in [-0.1, -0.05) is 22.5 Å². The highest BCUT2D eigenvalue weighted by Crippen LogP contribution is 2.33. The van der Waals surface area contributed by atoms with Gasteiger partial charge in [0.2, 0.25) is 0 Å². The number of rotatable bonds is 0. The second-order valence-corrected chi connectivity index (χ2v) is 3.76. The first kappa shape index (κ1) is 7.87. The lowest BCUT2D eigenvalue weighted by Crippen LogP contribution is -2.06. The van der Waals surface area contributed by atoms with E-state index < -0.39 is 0 Å². The van der Waals surface area contributed by atoms with E-state index in [0.29, 0.717) is 0 Å². The molecule has 2 rings (SSSR count). The molecule has 2 heteroatoms. The summed E-state index contributed by atoms with van der Waals surface area (Å²) in [6, 6.07) is 6.01. The highest BCUT2D eigenvalue weighted by molar-refractivity contribution is 9.10. The van der Waals surface area contributed by atoms with Crippen LogP contribution in [0.4, 0.5) is 0 Å². The third-order valence-electron chi connectivity index (χ3n) is 1.98. The fraction of sp³-hybridized carbons (Fsp3) is 0.200. The topological polar surface area (TPSA) is 9.23 Å². The normalized spacial score (nSPS) is 15.2. The number of hydrogen-bond donors (Lipinski definition) is 0. The van der Waals surface area contributed by atoms with E-state index in [-0.39, 0.29) is 0 Å². The predicted octanol–water partition coefficient (Wildman–Crippen LogP) is 3.24. The maximum atomic E-state index is 5.47. The monoisotopic (exact) mass is 224 g/mol. The van der Waals surface area contributed by atoms with Gasteiger partial charge >= 0.3 is 0 Å². The number of halogens is 1. The SMILES string of the molecule is C=C1CCOc2ccc(Br)cc21. The molecule has 0 bridgehead atoms. The van der Waals surface area contributed by atoms with Crippen molar-refractivity contribution in [3.05, 3.63) is 34.8 Å². The highest BCUT2D eigenvalue weighted by Gasteiger charge is 2.12. The van der Waals surface area contributed by atoms with Crippen LogP contribution in [0.2, 0.25) is 0 Å². The molecule has 0 aromatic heterocycles. The zero-order valence-electron chi connectivity index (χ0n) is 6.64. The van der Waals surface area contributed by atoms with E-state index in [4.69, 9.17) is 4.74 Å². The number of benzene rings is 1. The van der Waals surface area contributed by atoms with Crippen LogP contribution in [0.1, 0.15) is 12.0 Å². The summed E-state index contributed by atoms with van der Waals surface area (Å²) in [6.45, 7) is 4.75. The number of hydrogen-bond acceptors (Lipinski definition) is 1. The van der Waals surface area contributed by atoms with Gasteiger partial charge in [-0.05, 0) is 23.8 Å². The van der Waals surface area contributed by atoms with Gasteiger partial charge in [0.25, 0.3) is 0 Å². The van der Waals surface area contributed by atoms with E-state index in [1.54, 1.807) is 0 Å². The smallest absolute Gasteiger partial charge is 0.126 e. The molecule has 1 aliphatic rings. The summed E-state index contributed by atoms with van der Waals surface area (Å²) >= 11 is 3.42. The van der Waals surface area contributed by atoms with Gasteiger partial charge in [0.15, 0.2) is 0 Å². The summed E-state index contributed by atoms with van der Waals surface area (Å²) in [5.74, 6) is 0.953. The predicted molar refractivity (Wildman–Crippen MR) is 53.3 cm³/mol. The summed E-state index contributed by atoms with van der Waals surface area (Å²) in [5, 5.41) is 0. The van der Waals surface area contributed by atoms with E-state index >= 15 is 0 Å².